The van der Waals surface area contributed by atoms with Crippen LogP contribution < -0.4 is 9.47 Å². The minimum atomic E-state index is -0.799. The molecule has 0 radical (unpaired) electrons. The van der Waals surface area contributed by atoms with E-state index in [4.69, 9.17) is 9.47 Å². The molecule has 146 valence electrons. The van der Waals surface area contributed by atoms with Gasteiger partial charge in [-0.2, -0.15) is 0 Å². The maximum atomic E-state index is 13.0. The van der Waals surface area contributed by atoms with Gasteiger partial charge in [-0.05, 0) is 37.6 Å². The highest BCUT2D eigenvalue weighted by atomic mass is 16.5. The second kappa shape index (κ2) is 8.69. The minimum absolute atomic E-state index is 0.278. The molecule has 0 fully saturated rings. The van der Waals surface area contributed by atoms with Crippen molar-refractivity contribution in [2.75, 3.05) is 13.2 Å². The number of fused-ring (bicyclic) bond motifs is 1. The molecule has 2 amide bonds. The third-order valence-corrected chi connectivity index (χ3v) is 4.51. The summed E-state index contributed by atoms with van der Waals surface area (Å²) in [7, 11) is 0. The smallest absolute Gasteiger partial charge is 0.270 e. The van der Waals surface area contributed by atoms with Crippen LogP contribution in [-0.4, -0.2) is 41.8 Å². The third-order valence-electron chi connectivity index (χ3n) is 4.51. The highest BCUT2D eigenvalue weighted by Gasteiger charge is 2.37. The van der Waals surface area contributed by atoms with E-state index < -0.39 is 17.9 Å². The van der Waals surface area contributed by atoms with Gasteiger partial charge >= 0.3 is 0 Å². The first-order valence-electron chi connectivity index (χ1n) is 9.43. The molecular formula is C22H23NO5. The van der Waals surface area contributed by atoms with Gasteiger partial charge in [0.1, 0.15) is 11.5 Å². The van der Waals surface area contributed by atoms with E-state index in [1.807, 2.05) is 13.8 Å². The molecule has 0 N–H and O–H groups in total. The number of ketones is 1. The molecule has 2 aromatic rings. The molecule has 1 heterocycles. The molecule has 0 bridgehead atoms. The number of hydrogen-bond acceptors (Lipinski definition) is 5. The van der Waals surface area contributed by atoms with E-state index in [9.17, 15) is 14.4 Å². The Kier molecular flexibility index (Phi) is 6.09. The number of ether oxygens (including phenoxy) is 2. The average Bonchev–Trinajstić information content (AvgIpc) is 2.80. The molecule has 28 heavy (non-hydrogen) atoms. The van der Waals surface area contributed by atoms with Crippen molar-refractivity contribution >= 4 is 17.6 Å². The van der Waals surface area contributed by atoms with Crippen LogP contribution in [-0.2, 0) is 4.79 Å². The van der Waals surface area contributed by atoms with Gasteiger partial charge in [0.2, 0.25) is 0 Å². The van der Waals surface area contributed by atoms with Crippen molar-refractivity contribution < 1.29 is 23.9 Å². The summed E-state index contributed by atoms with van der Waals surface area (Å²) in [5.41, 5.74) is 0.621. The number of nitrogens with zero attached hydrogens (tertiary/aromatic N) is 1. The van der Waals surface area contributed by atoms with Gasteiger partial charge in [0.15, 0.2) is 11.9 Å². The standard InChI is InChI=1S/C22H23NO5/c1-3-9-20-22(26)23(21(25)16-11-6-8-13-19(16)28-20)14-17(24)15-10-5-7-12-18(15)27-4-2/h5-8,10-13,20H,3-4,9,14H2,1-2H3/t20-/m1/s1. The van der Waals surface area contributed by atoms with Gasteiger partial charge in [-0.25, -0.2) is 0 Å². The Labute approximate surface area is 164 Å². The number of hydrogen-bond donors (Lipinski definition) is 0. The lowest BCUT2D eigenvalue weighted by Crippen LogP contribution is -2.45. The number of carbonyl (C=O) groups is 3. The zero-order valence-corrected chi connectivity index (χ0v) is 16.0. The highest BCUT2D eigenvalue weighted by Crippen LogP contribution is 2.27. The summed E-state index contributed by atoms with van der Waals surface area (Å²) < 4.78 is 11.3. The summed E-state index contributed by atoms with van der Waals surface area (Å²) >= 11 is 0. The van der Waals surface area contributed by atoms with Crippen molar-refractivity contribution in [3.63, 3.8) is 0 Å². The van der Waals surface area contributed by atoms with Crippen molar-refractivity contribution in [3.05, 3.63) is 59.7 Å². The van der Waals surface area contributed by atoms with Gasteiger partial charge in [0, 0.05) is 0 Å². The minimum Gasteiger partial charge on any atom is -0.493 e. The molecule has 3 rings (SSSR count). The lowest BCUT2D eigenvalue weighted by molar-refractivity contribution is -0.135. The molecule has 1 aliphatic heterocycles. The maximum absolute atomic E-state index is 13.0. The van der Waals surface area contributed by atoms with E-state index >= 15 is 0 Å². The zero-order chi connectivity index (χ0) is 20.1. The van der Waals surface area contributed by atoms with Crippen LogP contribution in [0.15, 0.2) is 48.5 Å². The van der Waals surface area contributed by atoms with E-state index in [0.717, 1.165) is 4.90 Å². The molecule has 0 aliphatic carbocycles. The van der Waals surface area contributed by atoms with Crippen LogP contribution in [0, 0.1) is 0 Å². The SMILES string of the molecule is CCC[C@H]1Oc2ccccc2C(=O)N(CC(=O)c2ccccc2OCC)C1=O. The van der Waals surface area contributed by atoms with Gasteiger partial charge in [0.05, 0.1) is 24.3 Å². The second-order valence-electron chi connectivity index (χ2n) is 6.47. The van der Waals surface area contributed by atoms with E-state index in [1.165, 1.54) is 0 Å². The molecule has 0 saturated heterocycles. The van der Waals surface area contributed by atoms with Crippen molar-refractivity contribution in [2.24, 2.45) is 0 Å². The predicted octanol–water partition coefficient (Wildman–Crippen LogP) is 3.50. The predicted molar refractivity (Wildman–Crippen MR) is 104 cm³/mol. The van der Waals surface area contributed by atoms with Gasteiger partial charge in [-0.3, -0.25) is 19.3 Å². The number of carbonyl (C=O) groups excluding carboxylic acids is 3. The highest BCUT2D eigenvalue weighted by molar-refractivity contribution is 6.12. The Morgan fingerprint density at radius 1 is 1.07 bits per heavy atom. The molecule has 0 spiro atoms. The molecule has 0 saturated carbocycles. The van der Waals surface area contributed by atoms with E-state index in [0.29, 0.717) is 36.5 Å². The lowest BCUT2D eigenvalue weighted by atomic mass is 10.1. The van der Waals surface area contributed by atoms with Crippen LogP contribution >= 0.6 is 0 Å². The number of imide groups is 1. The monoisotopic (exact) mass is 381 g/mol. The van der Waals surface area contributed by atoms with Gasteiger partial charge in [-0.15, -0.1) is 0 Å². The largest absolute Gasteiger partial charge is 0.493 e. The zero-order valence-electron chi connectivity index (χ0n) is 16.0. The fourth-order valence-electron chi connectivity index (χ4n) is 3.17. The number of Topliss-reactive ketones (excluding diaryl/α,β-unsaturated/α-hetero) is 1. The first kappa shape index (κ1) is 19.6. The number of amides is 2. The molecular weight excluding hydrogens is 358 g/mol. The summed E-state index contributed by atoms with van der Waals surface area (Å²) in [6.07, 6.45) is 0.370. The number of benzene rings is 2. The Balaban J connectivity index is 1.94. The second-order valence-corrected chi connectivity index (χ2v) is 6.47. The summed E-state index contributed by atoms with van der Waals surface area (Å²) in [5, 5.41) is 0. The Morgan fingerprint density at radius 3 is 2.54 bits per heavy atom. The first-order valence-corrected chi connectivity index (χ1v) is 9.43. The van der Waals surface area contributed by atoms with E-state index in [-0.39, 0.29) is 17.9 Å². The summed E-state index contributed by atoms with van der Waals surface area (Å²) in [4.78, 5) is 39.9. The van der Waals surface area contributed by atoms with Crippen LogP contribution in [0.1, 0.15) is 47.4 Å². The Hall–Kier alpha value is -3.15. The van der Waals surface area contributed by atoms with Gasteiger partial charge in [0.25, 0.3) is 11.8 Å². The molecule has 2 aromatic carbocycles. The number of rotatable bonds is 7. The molecule has 1 aliphatic rings. The van der Waals surface area contributed by atoms with Crippen molar-refractivity contribution in [1.29, 1.82) is 0 Å². The molecule has 6 heteroatoms. The van der Waals surface area contributed by atoms with Crippen LogP contribution in [0.2, 0.25) is 0 Å². The topological polar surface area (TPSA) is 72.9 Å². The lowest BCUT2D eigenvalue weighted by Gasteiger charge is -2.22. The first-order chi connectivity index (χ1) is 13.6. The summed E-state index contributed by atoms with van der Waals surface area (Å²) in [5.74, 6) is -0.581. The fourth-order valence-corrected chi connectivity index (χ4v) is 3.17. The number of para-hydroxylation sites is 2. The van der Waals surface area contributed by atoms with Gasteiger partial charge < -0.3 is 9.47 Å². The summed E-state index contributed by atoms with van der Waals surface area (Å²) in [6, 6.07) is 13.5. The fraction of sp³-hybridized carbons (Fsp3) is 0.318. The maximum Gasteiger partial charge on any atom is 0.270 e. The van der Waals surface area contributed by atoms with E-state index in [2.05, 4.69) is 0 Å². The van der Waals surface area contributed by atoms with Crippen LogP contribution in [0.3, 0.4) is 0 Å². The molecule has 1 atom stereocenters. The Morgan fingerprint density at radius 2 is 1.79 bits per heavy atom. The van der Waals surface area contributed by atoms with Crippen molar-refractivity contribution in [3.8, 4) is 11.5 Å². The van der Waals surface area contributed by atoms with Crippen LogP contribution in [0.4, 0.5) is 0 Å². The molecule has 0 aromatic heterocycles. The van der Waals surface area contributed by atoms with Crippen molar-refractivity contribution in [1.82, 2.24) is 4.90 Å². The van der Waals surface area contributed by atoms with Crippen LogP contribution in [0.5, 0.6) is 11.5 Å². The third kappa shape index (κ3) is 3.91. The summed E-state index contributed by atoms with van der Waals surface area (Å²) in [6.45, 7) is 3.81. The normalized spacial score (nSPS) is 16.2. The van der Waals surface area contributed by atoms with Gasteiger partial charge in [-0.1, -0.05) is 37.6 Å². The van der Waals surface area contributed by atoms with Crippen LogP contribution in [0.25, 0.3) is 0 Å². The van der Waals surface area contributed by atoms with Crippen molar-refractivity contribution in [2.45, 2.75) is 32.8 Å². The molecule has 0 unspecified atom stereocenters. The quantitative estimate of drug-likeness (QED) is 0.542. The van der Waals surface area contributed by atoms with E-state index in [1.54, 1.807) is 48.5 Å². The Bertz CT molecular complexity index is 892. The molecule has 6 nitrogen and oxygen atoms in total. The average molecular weight is 381 g/mol.